The van der Waals surface area contributed by atoms with Crippen molar-refractivity contribution in [1.29, 1.82) is 0 Å². The van der Waals surface area contributed by atoms with Gasteiger partial charge in [0.05, 0.1) is 11.3 Å². The van der Waals surface area contributed by atoms with Crippen molar-refractivity contribution in [2.24, 2.45) is 0 Å². The largest absolute Gasteiger partial charge is 0.349 e. The lowest BCUT2D eigenvalue weighted by Gasteiger charge is -2.32. The van der Waals surface area contributed by atoms with Gasteiger partial charge in [0.25, 0.3) is 5.91 Å². The Hall–Kier alpha value is -3.06. The predicted octanol–water partition coefficient (Wildman–Crippen LogP) is 3.89. The summed E-state index contributed by atoms with van der Waals surface area (Å²) in [7, 11) is 0. The molecule has 0 spiro atoms. The fraction of sp³-hybridized carbons (Fsp3) is 0.348. The first-order valence-electron chi connectivity index (χ1n) is 10.5. The molecule has 2 aromatic rings. The lowest BCUT2D eigenvalue weighted by molar-refractivity contribution is -0.117. The van der Waals surface area contributed by atoms with Crippen LogP contribution in [0.3, 0.4) is 0 Å². The Balaban J connectivity index is 1.35. The minimum Gasteiger partial charge on any atom is -0.349 e. The van der Waals surface area contributed by atoms with Crippen LogP contribution in [-0.4, -0.2) is 48.4 Å². The number of para-hydroxylation sites is 1. The highest BCUT2D eigenvalue weighted by Crippen LogP contribution is 2.29. The third-order valence-corrected chi connectivity index (χ3v) is 5.95. The molecule has 2 fully saturated rings. The van der Waals surface area contributed by atoms with Gasteiger partial charge in [0, 0.05) is 42.8 Å². The number of hydrogen-bond donors (Lipinski definition) is 2. The molecular weight excluding hydrogens is 416 g/mol. The maximum Gasteiger partial charge on any atom is 0.321 e. The molecule has 0 saturated carbocycles. The Morgan fingerprint density at radius 2 is 1.74 bits per heavy atom. The first-order chi connectivity index (χ1) is 15.0. The number of likely N-dealkylation sites (tertiary alicyclic amines) is 1. The summed E-state index contributed by atoms with van der Waals surface area (Å²) < 4.78 is 0. The molecule has 2 aromatic carbocycles. The summed E-state index contributed by atoms with van der Waals surface area (Å²) in [6.07, 6.45) is 2.59. The predicted molar refractivity (Wildman–Crippen MR) is 121 cm³/mol. The van der Waals surface area contributed by atoms with Crippen molar-refractivity contribution in [2.75, 3.05) is 29.9 Å². The average Bonchev–Trinajstić information content (AvgIpc) is 3.20. The maximum atomic E-state index is 13.0. The van der Waals surface area contributed by atoms with Crippen molar-refractivity contribution in [1.82, 2.24) is 10.2 Å². The molecular formula is C23H25ClN4O3. The third-order valence-electron chi connectivity index (χ3n) is 5.71. The van der Waals surface area contributed by atoms with Crippen LogP contribution in [0.15, 0.2) is 48.5 Å². The van der Waals surface area contributed by atoms with Crippen LogP contribution in [0.2, 0.25) is 5.02 Å². The Bertz CT molecular complexity index is 974. The number of nitrogens with zero attached hydrogens (tertiary/aromatic N) is 2. The minimum atomic E-state index is -0.224. The monoisotopic (exact) mass is 440 g/mol. The van der Waals surface area contributed by atoms with Gasteiger partial charge in [-0.05, 0) is 49.6 Å². The molecule has 0 unspecified atom stereocenters. The number of urea groups is 1. The van der Waals surface area contributed by atoms with Crippen LogP contribution in [0.4, 0.5) is 16.2 Å². The number of piperidine rings is 1. The molecule has 4 rings (SSSR count). The zero-order valence-corrected chi connectivity index (χ0v) is 17.9. The first kappa shape index (κ1) is 21.2. The van der Waals surface area contributed by atoms with Gasteiger partial charge in [-0.1, -0.05) is 29.8 Å². The number of anilines is 2. The summed E-state index contributed by atoms with van der Waals surface area (Å²) in [6.45, 7) is 1.71. The summed E-state index contributed by atoms with van der Waals surface area (Å²) in [6, 6.07) is 14.2. The van der Waals surface area contributed by atoms with Crippen molar-refractivity contribution in [3.05, 3.63) is 59.1 Å². The highest BCUT2D eigenvalue weighted by Gasteiger charge is 2.28. The summed E-state index contributed by atoms with van der Waals surface area (Å²) in [5.41, 5.74) is 1.77. The van der Waals surface area contributed by atoms with Gasteiger partial charge in [0.2, 0.25) is 5.91 Å². The molecule has 2 saturated heterocycles. The second-order valence-corrected chi connectivity index (χ2v) is 8.28. The molecule has 2 aliphatic heterocycles. The van der Waals surface area contributed by atoms with E-state index in [1.807, 2.05) is 30.3 Å². The van der Waals surface area contributed by atoms with E-state index in [9.17, 15) is 14.4 Å². The second kappa shape index (κ2) is 9.39. The summed E-state index contributed by atoms with van der Waals surface area (Å²) in [5, 5.41) is 6.44. The van der Waals surface area contributed by atoms with Gasteiger partial charge in [0.1, 0.15) is 0 Å². The van der Waals surface area contributed by atoms with E-state index in [1.54, 1.807) is 28.0 Å². The zero-order chi connectivity index (χ0) is 21.8. The number of nitrogens with one attached hydrogen (secondary N) is 2. The van der Waals surface area contributed by atoms with Crippen molar-refractivity contribution >= 4 is 40.8 Å². The van der Waals surface area contributed by atoms with Crippen molar-refractivity contribution < 1.29 is 14.4 Å². The standard InChI is InChI=1S/C23H25ClN4O3/c24-16-8-9-19(20(15-16)28-12-4-7-21(28)29)22(30)25-18-10-13-27(14-11-18)23(31)26-17-5-2-1-3-6-17/h1-3,5-6,8-9,15,18H,4,7,10-14H2,(H,25,30)(H,26,31). The number of hydrogen-bond acceptors (Lipinski definition) is 3. The summed E-state index contributed by atoms with van der Waals surface area (Å²) in [5.74, 6) is -0.215. The topological polar surface area (TPSA) is 81.8 Å². The van der Waals surface area contributed by atoms with Crippen molar-refractivity contribution in [3.63, 3.8) is 0 Å². The average molecular weight is 441 g/mol. The molecule has 4 amide bonds. The van der Waals surface area contributed by atoms with E-state index in [-0.39, 0.29) is 23.9 Å². The molecule has 0 atom stereocenters. The van der Waals surface area contributed by atoms with Crippen LogP contribution in [0.1, 0.15) is 36.0 Å². The number of rotatable bonds is 4. The van der Waals surface area contributed by atoms with Gasteiger partial charge < -0.3 is 20.4 Å². The number of benzene rings is 2. The highest BCUT2D eigenvalue weighted by molar-refractivity contribution is 6.31. The van der Waals surface area contributed by atoms with E-state index in [0.29, 0.717) is 55.2 Å². The normalized spacial score (nSPS) is 17.0. The first-order valence-corrected chi connectivity index (χ1v) is 10.9. The number of carbonyl (C=O) groups is 3. The maximum absolute atomic E-state index is 13.0. The fourth-order valence-electron chi connectivity index (χ4n) is 4.04. The molecule has 0 bridgehead atoms. The number of amides is 4. The molecule has 162 valence electrons. The van der Waals surface area contributed by atoms with Crippen LogP contribution in [-0.2, 0) is 4.79 Å². The van der Waals surface area contributed by atoms with Crippen LogP contribution in [0.25, 0.3) is 0 Å². The van der Waals surface area contributed by atoms with Crippen LogP contribution in [0, 0.1) is 0 Å². The molecule has 8 heteroatoms. The molecule has 0 aliphatic carbocycles. The van der Waals surface area contributed by atoms with Gasteiger partial charge in [-0.2, -0.15) is 0 Å². The van der Waals surface area contributed by atoms with Crippen molar-refractivity contribution in [3.8, 4) is 0 Å². The van der Waals surface area contributed by atoms with Gasteiger partial charge in [0.15, 0.2) is 0 Å². The van der Waals surface area contributed by atoms with E-state index < -0.39 is 0 Å². The Morgan fingerprint density at radius 3 is 2.42 bits per heavy atom. The van der Waals surface area contributed by atoms with E-state index in [2.05, 4.69) is 10.6 Å². The quantitative estimate of drug-likeness (QED) is 0.756. The van der Waals surface area contributed by atoms with Crippen molar-refractivity contribution in [2.45, 2.75) is 31.7 Å². The van der Waals surface area contributed by atoms with Gasteiger partial charge >= 0.3 is 6.03 Å². The van der Waals surface area contributed by atoms with E-state index >= 15 is 0 Å². The Kier molecular flexibility index (Phi) is 6.42. The van der Waals surface area contributed by atoms with Crippen LogP contribution >= 0.6 is 11.6 Å². The molecule has 31 heavy (non-hydrogen) atoms. The lowest BCUT2D eigenvalue weighted by atomic mass is 10.0. The van der Waals surface area contributed by atoms with E-state index in [0.717, 1.165) is 12.1 Å². The van der Waals surface area contributed by atoms with Crippen LogP contribution in [0.5, 0.6) is 0 Å². The van der Waals surface area contributed by atoms with Gasteiger partial charge in [-0.25, -0.2) is 4.79 Å². The molecule has 2 N–H and O–H groups in total. The molecule has 0 radical (unpaired) electrons. The second-order valence-electron chi connectivity index (χ2n) is 7.84. The number of halogens is 1. The Morgan fingerprint density at radius 1 is 1.00 bits per heavy atom. The highest BCUT2D eigenvalue weighted by atomic mass is 35.5. The molecule has 2 aliphatic rings. The smallest absolute Gasteiger partial charge is 0.321 e. The number of carbonyl (C=O) groups excluding carboxylic acids is 3. The minimum absolute atomic E-state index is 0.00838. The van der Waals surface area contributed by atoms with E-state index in [4.69, 9.17) is 11.6 Å². The third kappa shape index (κ3) is 4.99. The lowest BCUT2D eigenvalue weighted by Crippen LogP contribution is -2.47. The molecule has 7 nitrogen and oxygen atoms in total. The SMILES string of the molecule is O=C(NC1CCN(C(=O)Nc2ccccc2)CC1)c1ccc(Cl)cc1N1CCCC1=O. The van der Waals surface area contributed by atoms with Crippen LogP contribution < -0.4 is 15.5 Å². The molecule has 2 heterocycles. The van der Waals surface area contributed by atoms with Gasteiger partial charge in [-0.3, -0.25) is 9.59 Å². The summed E-state index contributed by atoms with van der Waals surface area (Å²) >= 11 is 6.13. The zero-order valence-electron chi connectivity index (χ0n) is 17.1. The van der Waals surface area contributed by atoms with Gasteiger partial charge in [-0.15, -0.1) is 0 Å². The Labute approximate surface area is 186 Å². The fourth-order valence-corrected chi connectivity index (χ4v) is 4.20. The van der Waals surface area contributed by atoms with E-state index in [1.165, 1.54) is 0 Å². The summed E-state index contributed by atoms with van der Waals surface area (Å²) in [4.78, 5) is 41.0. The molecule has 0 aromatic heterocycles.